The van der Waals surface area contributed by atoms with E-state index < -0.39 is 18.9 Å². The molecule has 0 saturated carbocycles. The molecule has 0 bridgehead atoms. The van der Waals surface area contributed by atoms with E-state index in [9.17, 15) is 8.42 Å². The number of benzene rings is 1. The first-order valence-corrected chi connectivity index (χ1v) is 11.7. The summed E-state index contributed by atoms with van der Waals surface area (Å²) in [5, 5.41) is 0. The highest BCUT2D eigenvalue weighted by Crippen LogP contribution is 2.18. The van der Waals surface area contributed by atoms with Crippen molar-refractivity contribution in [1.29, 1.82) is 0 Å². The molecule has 0 saturated heterocycles. The van der Waals surface area contributed by atoms with Gasteiger partial charge in [-0.3, -0.25) is 4.55 Å². The fourth-order valence-electron chi connectivity index (χ4n) is 2.07. The van der Waals surface area contributed by atoms with Crippen LogP contribution < -0.4 is 0 Å². The second kappa shape index (κ2) is 9.77. The predicted octanol–water partition coefficient (Wildman–Crippen LogP) is 2.48. The highest BCUT2D eigenvalue weighted by Gasteiger charge is 2.36. The zero-order chi connectivity index (χ0) is 17.3. The quantitative estimate of drug-likeness (QED) is 0.359. The average Bonchev–Trinajstić information content (AvgIpc) is 2.54. The summed E-state index contributed by atoms with van der Waals surface area (Å²) in [5.41, 5.74) is 1.04. The topological polar surface area (TPSA) is 82.1 Å². The molecule has 0 fully saturated rings. The Morgan fingerprint density at radius 1 is 1.04 bits per heavy atom. The molecule has 0 spiro atoms. The van der Waals surface area contributed by atoms with Crippen molar-refractivity contribution in [3.63, 3.8) is 0 Å². The number of rotatable bonds is 11. The van der Waals surface area contributed by atoms with Crippen molar-refractivity contribution in [3.8, 4) is 0 Å². The number of thioether (sulfide) groups is 1. The summed E-state index contributed by atoms with van der Waals surface area (Å²) in [4.78, 5) is -0.0751. The van der Waals surface area contributed by atoms with E-state index in [1.54, 1.807) is 33.5 Å². The minimum atomic E-state index is -4.11. The molecular weight excluding hydrogens is 356 g/mol. The molecule has 132 valence electrons. The summed E-state index contributed by atoms with van der Waals surface area (Å²) in [7, 11) is -1.73. The van der Waals surface area contributed by atoms with Crippen molar-refractivity contribution in [1.82, 2.24) is 0 Å². The maximum Gasteiger partial charge on any atom is 0.500 e. The summed E-state index contributed by atoms with van der Waals surface area (Å²) in [5.74, 6) is 1.92. The van der Waals surface area contributed by atoms with Crippen LogP contribution in [0.15, 0.2) is 29.2 Å². The van der Waals surface area contributed by atoms with Gasteiger partial charge in [0.15, 0.2) is 0 Å². The van der Waals surface area contributed by atoms with Gasteiger partial charge in [-0.25, -0.2) is 0 Å². The molecule has 0 aromatic heterocycles. The van der Waals surface area contributed by atoms with Gasteiger partial charge in [0, 0.05) is 27.4 Å². The number of hydrogen-bond acceptors (Lipinski definition) is 6. The van der Waals surface area contributed by atoms with E-state index in [4.69, 9.17) is 17.8 Å². The van der Waals surface area contributed by atoms with Gasteiger partial charge in [0.05, 0.1) is 4.90 Å². The van der Waals surface area contributed by atoms with Gasteiger partial charge in [0.1, 0.15) is 0 Å². The molecule has 1 aromatic rings. The lowest BCUT2D eigenvalue weighted by Gasteiger charge is -2.24. The van der Waals surface area contributed by atoms with Gasteiger partial charge in [0.25, 0.3) is 10.1 Å². The van der Waals surface area contributed by atoms with Crippen LogP contribution in [0.5, 0.6) is 0 Å². The fourth-order valence-corrected chi connectivity index (χ4v) is 5.46. The summed E-state index contributed by atoms with van der Waals surface area (Å²) >= 11 is 1.82. The van der Waals surface area contributed by atoms with Crippen LogP contribution in [0.4, 0.5) is 0 Å². The third-order valence-electron chi connectivity index (χ3n) is 3.46. The first-order valence-electron chi connectivity index (χ1n) is 7.16. The van der Waals surface area contributed by atoms with E-state index in [0.29, 0.717) is 0 Å². The Balaban J connectivity index is 2.28. The predicted molar refractivity (Wildman–Crippen MR) is 93.5 cm³/mol. The summed E-state index contributed by atoms with van der Waals surface area (Å²) < 4.78 is 46.9. The van der Waals surface area contributed by atoms with Crippen LogP contribution in [-0.4, -0.2) is 54.6 Å². The zero-order valence-corrected chi connectivity index (χ0v) is 16.3. The van der Waals surface area contributed by atoms with Crippen LogP contribution in [0, 0.1) is 0 Å². The van der Waals surface area contributed by atoms with Gasteiger partial charge in [-0.2, -0.15) is 20.2 Å². The Hall–Kier alpha value is -0.423. The van der Waals surface area contributed by atoms with E-state index in [2.05, 4.69) is 0 Å². The lowest BCUT2D eigenvalue weighted by atomic mass is 10.2. The van der Waals surface area contributed by atoms with E-state index in [1.165, 1.54) is 12.1 Å². The molecule has 6 nitrogen and oxygen atoms in total. The monoisotopic (exact) mass is 380 g/mol. The van der Waals surface area contributed by atoms with E-state index in [1.807, 2.05) is 11.8 Å². The third-order valence-corrected chi connectivity index (χ3v) is 8.23. The van der Waals surface area contributed by atoms with Gasteiger partial charge >= 0.3 is 8.80 Å². The standard InChI is InChI=1S/C14H24O6S2Si/c1-18-23(19-2,20-3)12-4-10-21-11-9-13-5-7-14(8-6-13)22(15,16)17/h5-8H,4,9-12H2,1-3H3,(H,15,16,17). The maximum absolute atomic E-state index is 11.0. The van der Waals surface area contributed by atoms with Crippen LogP contribution in [0.2, 0.25) is 6.04 Å². The van der Waals surface area contributed by atoms with Crippen molar-refractivity contribution in [2.75, 3.05) is 32.8 Å². The van der Waals surface area contributed by atoms with Crippen LogP contribution in [-0.2, 0) is 29.8 Å². The molecule has 0 aliphatic heterocycles. The largest absolute Gasteiger partial charge is 0.500 e. The maximum atomic E-state index is 11.0. The van der Waals surface area contributed by atoms with Gasteiger partial charge < -0.3 is 13.3 Å². The Morgan fingerprint density at radius 2 is 1.61 bits per heavy atom. The van der Waals surface area contributed by atoms with Gasteiger partial charge in [-0.05, 0) is 42.0 Å². The Labute approximate surface area is 143 Å². The van der Waals surface area contributed by atoms with Crippen molar-refractivity contribution < 1.29 is 26.2 Å². The minimum Gasteiger partial charge on any atom is -0.377 e. The van der Waals surface area contributed by atoms with Crippen molar-refractivity contribution in [3.05, 3.63) is 29.8 Å². The van der Waals surface area contributed by atoms with E-state index in [-0.39, 0.29) is 4.90 Å². The van der Waals surface area contributed by atoms with Gasteiger partial charge in [-0.1, -0.05) is 12.1 Å². The van der Waals surface area contributed by atoms with Crippen LogP contribution in [0.25, 0.3) is 0 Å². The molecule has 0 aliphatic rings. The Bertz CT molecular complexity index is 549. The van der Waals surface area contributed by atoms with Crippen molar-refractivity contribution >= 4 is 30.7 Å². The first kappa shape index (κ1) is 20.6. The summed E-state index contributed by atoms with van der Waals surface area (Å²) in [6.07, 6.45) is 1.80. The van der Waals surface area contributed by atoms with Crippen molar-refractivity contribution in [2.45, 2.75) is 23.8 Å². The number of hydrogen-bond donors (Lipinski definition) is 1. The molecule has 1 N–H and O–H groups in total. The molecule has 23 heavy (non-hydrogen) atoms. The summed E-state index contributed by atoms with van der Waals surface area (Å²) in [6.45, 7) is 0. The van der Waals surface area contributed by atoms with Crippen LogP contribution in [0.3, 0.4) is 0 Å². The smallest absolute Gasteiger partial charge is 0.377 e. The highest BCUT2D eigenvalue weighted by molar-refractivity contribution is 7.99. The van der Waals surface area contributed by atoms with Crippen LogP contribution in [0.1, 0.15) is 12.0 Å². The normalized spacial score (nSPS) is 12.5. The molecule has 0 atom stereocenters. The third kappa shape index (κ3) is 6.92. The van der Waals surface area contributed by atoms with Gasteiger partial charge in [-0.15, -0.1) is 0 Å². The minimum absolute atomic E-state index is 0.0751. The van der Waals surface area contributed by atoms with Crippen LogP contribution >= 0.6 is 11.8 Å². The van der Waals surface area contributed by atoms with E-state index >= 15 is 0 Å². The molecule has 1 aromatic carbocycles. The molecule has 0 radical (unpaired) electrons. The Kier molecular flexibility index (Phi) is 8.76. The Morgan fingerprint density at radius 3 is 2.09 bits per heavy atom. The highest BCUT2D eigenvalue weighted by atomic mass is 32.2. The van der Waals surface area contributed by atoms with Crippen molar-refractivity contribution in [2.24, 2.45) is 0 Å². The van der Waals surface area contributed by atoms with E-state index in [0.717, 1.165) is 36.0 Å². The zero-order valence-electron chi connectivity index (χ0n) is 13.6. The first-order chi connectivity index (χ1) is 10.9. The number of aryl methyl sites for hydroxylation is 1. The molecule has 0 unspecified atom stereocenters. The second-order valence-electron chi connectivity index (χ2n) is 4.88. The second-order valence-corrected chi connectivity index (χ2v) is 10.6. The molecule has 0 heterocycles. The molecular formula is C14H24O6S2Si. The lowest BCUT2D eigenvalue weighted by Crippen LogP contribution is -2.42. The molecule has 0 amide bonds. The molecule has 9 heteroatoms. The average molecular weight is 381 g/mol. The molecule has 0 aliphatic carbocycles. The molecule has 1 rings (SSSR count). The lowest BCUT2D eigenvalue weighted by molar-refractivity contribution is 0.123. The summed E-state index contributed by atoms with van der Waals surface area (Å²) in [6, 6.07) is 7.08. The van der Waals surface area contributed by atoms with Gasteiger partial charge in [0.2, 0.25) is 0 Å². The fraction of sp³-hybridized carbons (Fsp3) is 0.571. The SMILES string of the molecule is CO[Si](CCCSCCc1ccc(S(=O)(=O)O)cc1)(OC)OC.